The first-order valence-electron chi connectivity index (χ1n) is 5.64. The van der Waals surface area contributed by atoms with Crippen molar-refractivity contribution in [1.29, 1.82) is 0 Å². The minimum atomic E-state index is 0.951. The number of hydrogen-bond donors (Lipinski definition) is 1. The van der Waals surface area contributed by atoms with E-state index in [1.165, 1.54) is 38.5 Å². The van der Waals surface area contributed by atoms with Crippen molar-refractivity contribution in [2.45, 2.75) is 45.4 Å². The highest BCUT2D eigenvalue weighted by Crippen LogP contribution is 1.99. The van der Waals surface area contributed by atoms with Gasteiger partial charge in [-0.2, -0.15) is 0 Å². The summed E-state index contributed by atoms with van der Waals surface area (Å²) < 4.78 is 5.46. The first-order valence-corrected chi connectivity index (χ1v) is 5.64. The monoisotopic (exact) mass is 187 g/mol. The molecule has 0 amide bonds. The number of nitrogens with one attached hydrogen (secondary N) is 1. The highest BCUT2D eigenvalue weighted by molar-refractivity contribution is 4.45. The highest BCUT2D eigenvalue weighted by Gasteiger charge is 1.90. The fourth-order valence-corrected chi connectivity index (χ4v) is 1.21. The molecule has 0 radical (unpaired) electrons. The predicted molar refractivity (Wildman–Crippen MR) is 58.1 cm³/mol. The second-order valence-electron chi connectivity index (χ2n) is 3.48. The third-order valence-electron chi connectivity index (χ3n) is 2.11. The Labute approximate surface area is 83.1 Å². The maximum absolute atomic E-state index is 5.46. The molecule has 0 aromatic carbocycles. The van der Waals surface area contributed by atoms with Crippen molar-refractivity contribution < 1.29 is 4.74 Å². The molecule has 0 fully saturated rings. The Hall–Kier alpha value is -0.0800. The summed E-state index contributed by atoms with van der Waals surface area (Å²) in [5, 5.41) is 3.16. The predicted octanol–water partition coefficient (Wildman–Crippen LogP) is 2.58. The average molecular weight is 187 g/mol. The van der Waals surface area contributed by atoms with Gasteiger partial charge in [0.15, 0.2) is 0 Å². The van der Waals surface area contributed by atoms with Crippen LogP contribution in [0.1, 0.15) is 45.4 Å². The van der Waals surface area contributed by atoms with Gasteiger partial charge in [0, 0.05) is 13.2 Å². The van der Waals surface area contributed by atoms with Crippen LogP contribution in [0.5, 0.6) is 0 Å². The van der Waals surface area contributed by atoms with Crippen LogP contribution in [0, 0.1) is 0 Å². The standard InChI is InChI=1S/C11H25NO/c1-3-4-10-13-11-8-6-5-7-9-12-2/h12H,3-11H2,1-2H3. The minimum absolute atomic E-state index is 0.951. The van der Waals surface area contributed by atoms with Crippen molar-refractivity contribution in [3.63, 3.8) is 0 Å². The summed E-state index contributed by atoms with van der Waals surface area (Å²) in [6.07, 6.45) is 7.62. The summed E-state index contributed by atoms with van der Waals surface area (Å²) >= 11 is 0. The molecule has 0 aromatic rings. The topological polar surface area (TPSA) is 21.3 Å². The molecule has 0 bridgehead atoms. The molecular formula is C11H25NO. The molecule has 80 valence electrons. The van der Waals surface area contributed by atoms with Gasteiger partial charge in [0.1, 0.15) is 0 Å². The molecule has 0 saturated carbocycles. The molecule has 0 heterocycles. The van der Waals surface area contributed by atoms with Crippen LogP contribution in [0.15, 0.2) is 0 Å². The zero-order valence-corrected chi connectivity index (χ0v) is 9.27. The molecule has 1 N–H and O–H groups in total. The molecule has 0 aliphatic heterocycles. The summed E-state index contributed by atoms with van der Waals surface area (Å²) in [7, 11) is 2.01. The molecule has 0 rings (SSSR count). The first-order chi connectivity index (χ1) is 6.41. The van der Waals surface area contributed by atoms with Crippen LogP contribution in [0.25, 0.3) is 0 Å². The van der Waals surface area contributed by atoms with Gasteiger partial charge >= 0.3 is 0 Å². The van der Waals surface area contributed by atoms with E-state index < -0.39 is 0 Å². The number of ether oxygens (including phenoxy) is 1. The van der Waals surface area contributed by atoms with E-state index >= 15 is 0 Å². The lowest BCUT2D eigenvalue weighted by Gasteiger charge is -2.03. The lowest BCUT2D eigenvalue weighted by molar-refractivity contribution is 0.127. The Kier molecular flexibility index (Phi) is 11.8. The van der Waals surface area contributed by atoms with Gasteiger partial charge in [-0.3, -0.25) is 0 Å². The van der Waals surface area contributed by atoms with Crippen LogP contribution >= 0.6 is 0 Å². The Balaban J connectivity index is 2.76. The second kappa shape index (κ2) is 11.9. The summed E-state index contributed by atoms with van der Waals surface area (Å²) in [5.41, 5.74) is 0. The maximum Gasteiger partial charge on any atom is 0.0466 e. The quantitative estimate of drug-likeness (QED) is 0.531. The van der Waals surface area contributed by atoms with Gasteiger partial charge < -0.3 is 10.1 Å². The van der Waals surface area contributed by atoms with Crippen LogP contribution in [-0.2, 0) is 4.74 Å². The molecule has 0 aliphatic carbocycles. The molecule has 0 aromatic heterocycles. The van der Waals surface area contributed by atoms with Crippen LogP contribution in [0.3, 0.4) is 0 Å². The fourth-order valence-electron chi connectivity index (χ4n) is 1.21. The zero-order chi connectivity index (χ0) is 9.78. The molecule has 0 saturated heterocycles. The zero-order valence-electron chi connectivity index (χ0n) is 9.27. The summed E-state index contributed by atoms with van der Waals surface area (Å²) in [6.45, 7) is 5.25. The lowest BCUT2D eigenvalue weighted by Crippen LogP contribution is -2.07. The van der Waals surface area contributed by atoms with E-state index in [1.54, 1.807) is 0 Å². The van der Waals surface area contributed by atoms with Gasteiger partial charge in [-0.05, 0) is 32.9 Å². The molecule has 2 heteroatoms. The average Bonchev–Trinajstić information content (AvgIpc) is 2.16. The third-order valence-corrected chi connectivity index (χ3v) is 2.11. The molecular weight excluding hydrogens is 162 g/mol. The van der Waals surface area contributed by atoms with Crippen molar-refractivity contribution in [3.05, 3.63) is 0 Å². The highest BCUT2D eigenvalue weighted by atomic mass is 16.5. The van der Waals surface area contributed by atoms with Crippen molar-refractivity contribution in [2.75, 3.05) is 26.8 Å². The summed E-state index contributed by atoms with van der Waals surface area (Å²) in [6, 6.07) is 0. The number of hydrogen-bond acceptors (Lipinski definition) is 2. The van der Waals surface area contributed by atoms with E-state index in [0.717, 1.165) is 19.8 Å². The summed E-state index contributed by atoms with van der Waals surface area (Å²) in [4.78, 5) is 0. The molecule has 13 heavy (non-hydrogen) atoms. The van der Waals surface area contributed by atoms with E-state index in [0.29, 0.717) is 0 Å². The van der Waals surface area contributed by atoms with Gasteiger partial charge in [0.2, 0.25) is 0 Å². The largest absolute Gasteiger partial charge is 0.381 e. The molecule has 0 aliphatic rings. The minimum Gasteiger partial charge on any atom is -0.381 e. The number of rotatable bonds is 10. The van der Waals surface area contributed by atoms with Gasteiger partial charge in [0.05, 0.1) is 0 Å². The van der Waals surface area contributed by atoms with Crippen LogP contribution < -0.4 is 5.32 Å². The second-order valence-corrected chi connectivity index (χ2v) is 3.48. The van der Waals surface area contributed by atoms with Crippen molar-refractivity contribution in [3.8, 4) is 0 Å². The number of unbranched alkanes of at least 4 members (excludes halogenated alkanes) is 4. The maximum atomic E-state index is 5.46. The summed E-state index contributed by atoms with van der Waals surface area (Å²) in [5.74, 6) is 0. The van der Waals surface area contributed by atoms with Gasteiger partial charge in [-0.1, -0.05) is 26.2 Å². The van der Waals surface area contributed by atoms with E-state index in [4.69, 9.17) is 4.74 Å². The molecule has 0 spiro atoms. The van der Waals surface area contributed by atoms with Gasteiger partial charge in [-0.15, -0.1) is 0 Å². The van der Waals surface area contributed by atoms with Crippen LogP contribution in [-0.4, -0.2) is 26.8 Å². The Morgan fingerprint density at radius 1 is 0.923 bits per heavy atom. The first kappa shape index (κ1) is 12.9. The van der Waals surface area contributed by atoms with E-state index in [2.05, 4.69) is 12.2 Å². The van der Waals surface area contributed by atoms with Crippen LogP contribution in [0.2, 0.25) is 0 Å². The third kappa shape index (κ3) is 11.9. The SMILES string of the molecule is CCCCOCCCCCCNC. The Morgan fingerprint density at radius 2 is 1.62 bits per heavy atom. The van der Waals surface area contributed by atoms with Crippen LogP contribution in [0.4, 0.5) is 0 Å². The fraction of sp³-hybridized carbons (Fsp3) is 1.00. The molecule has 2 nitrogen and oxygen atoms in total. The van der Waals surface area contributed by atoms with E-state index in [9.17, 15) is 0 Å². The lowest BCUT2D eigenvalue weighted by atomic mass is 10.2. The van der Waals surface area contributed by atoms with Gasteiger partial charge in [-0.25, -0.2) is 0 Å². The Morgan fingerprint density at radius 3 is 2.31 bits per heavy atom. The van der Waals surface area contributed by atoms with E-state index in [1.807, 2.05) is 7.05 Å². The smallest absolute Gasteiger partial charge is 0.0466 e. The molecule has 0 unspecified atom stereocenters. The molecule has 0 atom stereocenters. The van der Waals surface area contributed by atoms with Crippen molar-refractivity contribution >= 4 is 0 Å². The van der Waals surface area contributed by atoms with Crippen molar-refractivity contribution in [1.82, 2.24) is 5.32 Å². The Bertz CT molecular complexity index is 76.2. The van der Waals surface area contributed by atoms with Crippen molar-refractivity contribution in [2.24, 2.45) is 0 Å². The van der Waals surface area contributed by atoms with E-state index in [-0.39, 0.29) is 0 Å². The normalized spacial score (nSPS) is 10.6. The van der Waals surface area contributed by atoms with Gasteiger partial charge in [0.25, 0.3) is 0 Å².